The highest BCUT2D eigenvalue weighted by Gasteiger charge is 2.40. The van der Waals surface area contributed by atoms with E-state index in [9.17, 15) is 14.0 Å². The first-order chi connectivity index (χ1) is 15.0. The first-order valence-corrected chi connectivity index (χ1v) is 10.0. The van der Waals surface area contributed by atoms with Gasteiger partial charge in [-0.05, 0) is 18.6 Å². The van der Waals surface area contributed by atoms with Crippen LogP contribution in [0.5, 0.6) is 0 Å². The van der Waals surface area contributed by atoms with Gasteiger partial charge < -0.3 is 25.3 Å². The minimum atomic E-state index is -0.990. The van der Waals surface area contributed by atoms with Gasteiger partial charge in [-0.2, -0.15) is 9.61 Å². The van der Waals surface area contributed by atoms with Gasteiger partial charge in [0.1, 0.15) is 29.1 Å². The maximum atomic E-state index is 13.4. The van der Waals surface area contributed by atoms with E-state index in [0.29, 0.717) is 29.3 Å². The number of rotatable bonds is 7. The number of fused-ring (bicyclic) bond motifs is 1. The average Bonchev–Trinajstić information content (AvgIpc) is 3.64. The third kappa shape index (κ3) is 3.50. The van der Waals surface area contributed by atoms with Gasteiger partial charge in [0.25, 0.3) is 11.5 Å². The van der Waals surface area contributed by atoms with E-state index in [4.69, 9.17) is 4.74 Å². The number of amides is 1. The third-order valence-corrected chi connectivity index (χ3v) is 5.60. The third-order valence-electron chi connectivity index (χ3n) is 5.60. The summed E-state index contributed by atoms with van der Waals surface area (Å²) in [6.07, 6.45) is 3.19. The Kier molecular flexibility index (Phi) is 4.62. The second-order valence-corrected chi connectivity index (χ2v) is 7.74. The van der Waals surface area contributed by atoms with Crippen molar-refractivity contribution in [1.29, 1.82) is 0 Å². The molecule has 0 radical (unpaired) electrons. The Bertz CT molecular complexity index is 1220. The van der Waals surface area contributed by atoms with Gasteiger partial charge in [-0.25, -0.2) is 9.37 Å². The van der Waals surface area contributed by atoms with Gasteiger partial charge in [-0.15, -0.1) is 0 Å². The van der Waals surface area contributed by atoms with E-state index in [2.05, 4.69) is 26.0 Å². The average molecular weight is 427 g/mol. The van der Waals surface area contributed by atoms with Crippen molar-refractivity contribution in [1.82, 2.24) is 24.5 Å². The number of hydrogen-bond donors (Lipinski definition) is 3. The summed E-state index contributed by atoms with van der Waals surface area (Å²) in [6.45, 7) is 0. The molecule has 3 N–H and O–H groups in total. The van der Waals surface area contributed by atoms with Crippen molar-refractivity contribution in [2.75, 3.05) is 24.8 Å². The summed E-state index contributed by atoms with van der Waals surface area (Å²) in [6, 6.07) is 4.53. The van der Waals surface area contributed by atoms with E-state index in [0.717, 1.165) is 6.42 Å². The number of ether oxygens (including phenoxy) is 1. The SMILES string of the molecule is CNc1cc(Nc2cccn([C@@H]3C[C@H]3F)c2=O)nc2c(C(=O)N[C@H]3C[C@@H]3OC)cnn12. The molecular weight excluding hydrogens is 405 g/mol. The first-order valence-electron chi connectivity index (χ1n) is 10.0. The van der Waals surface area contributed by atoms with Crippen molar-refractivity contribution in [2.45, 2.75) is 37.2 Å². The van der Waals surface area contributed by atoms with Gasteiger partial charge in [0.2, 0.25) is 0 Å². The molecule has 0 unspecified atom stereocenters. The highest BCUT2D eigenvalue weighted by atomic mass is 19.1. The zero-order valence-electron chi connectivity index (χ0n) is 17.0. The van der Waals surface area contributed by atoms with Crippen molar-refractivity contribution >= 4 is 28.9 Å². The van der Waals surface area contributed by atoms with E-state index < -0.39 is 12.2 Å². The van der Waals surface area contributed by atoms with Crippen LogP contribution in [0.15, 0.2) is 35.4 Å². The Labute approximate surface area is 176 Å². The molecule has 0 saturated heterocycles. The quantitative estimate of drug-likeness (QED) is 0.523. The molecule has 5 rings (SSSR count). The number of nitrogens with one attached hydrogen (secondary N) is 3. The molecule has 2 aliphatic rings. The number of carbonyl (C=O) groups is 1. The fraction of sp³-hybridized carbons (Fsp3) is 0.400. The number of aromatic nitrogens is 4. The van der Waals surface area contributed by atoms with Gasteiger partial charge in [0, 0.05) is 32.8 Å². The smallest absolute Gasteiger partial charge is 0.274 e. The van der Waals surface area contributed by atoms with Gasteiger partial charge in [-0.3, -0.25) is 9.59 Å². The molecule has 0 aromatic carbocycles. The minimum absolute atomic E-state index is 0.0259. The monoisotopic (exact) mass is 427 g/mol. The van der Waals surface area contributed by atoms with E-state index in [1.807, 2.05) is 0 Å². The van der Waals surface area contributed by atoms with Crippen molar-refractivity contribution in [2.24, 2.45) is 0 Å². The van der Waals surface area contributed by atoms with Crippen LogP contribution in [0, 0.1) is 0 Å². The fourth-order valence-corrected chi connectivity index (χ4v) is 3.64. The standard InChI is InChI=1S/C20H22FN7O3/c1-22-17-8-16(24-12-4-3-5-27(20(12)30)14-6-11(14)21)26-18-10(9-23-28(17)18)19(29)25-13-7-15(13)31-2/h3-5,8-9,11,13-15,22H,6-7H2,1-2H3,(H,24,26)(H,25,29)/t11-,13+,14-,15+/m1/s1. The molecule has 3 aromatic heterocycles. The molecule has 2 aliphatic carbocycles. The Balaban J connectivity index is 1.47. The summed E-state index contributed by atoms with van der Waals surface area (Å²) in [5.41, 5.74) is 0.590. The molecule has 31 heavy (non-hydrogen) atoms. The second-order valence-electron chi connectivity index (χ2n) is 7.74. The van der Waals surface area contributed by atoms with Gasteiger partial charge in [0.05, 0.1) is 24.4 Å². The van der Waals surface area contributed by atoms with Gasteiger partial charge in [0.15, 0.2) is 5.65 Å². The maximum absolute atomic E-state index is 13.4. The van der Waals surface area contributed by atoms with Crippen LogP contribution in [-0.2, 0) is 4.74 Å². The van der Waals surface area contributed by atoms with Crippen LogP contribution >= 0.6 is 0 Å². The lowest BCUT2D eigenvalue weighted by Crippen LogP contribution is -2.28. The summed E-state index contributed by atoms with van der Waals surface area (Å²) < 4.78 is 21.6. The Morgan fingerprint density at radius 2 is 2.16 bits per heavy atom. The van der Waals surface area contributed by atoms with Crippen LogP contribution < -0.4 is 21.5 Å². The number of halogens is 1. The lowest BCUT2D eigenvalue weighted by atomic mass is 10.3. The minimum Gasteiger partial charge on any atom is -0.379 e. The number of hydrogen-bond acceptors (Lipinski definition) is 7. The summed E-state index contributed by atoms with van der Waals surface area (Å²) >= 11 is 0. The molecule has 2 fully saturated rings. The molecule has 0 aliphatic heterocycles. The molecule has 0 spiro atoms. The normalized spacial score (nSPS) is 24.1. The van der Waals surface area contributed by atoms with Crippen molar-refractivity contribution in [3.63, 3.8) is 0 Å². The highest BCUT2D eigenvalue weighted by Crippen LogP contribution is 2.37. The van der Waals surface area contributed by atoms with Crippen LogP contribution in [0.1, 0.15) is 29.2 Å². The van der Waals surface area contributed by atoms with E-state index in [-0.39, 0.29) is 29.3 Å². The summed E-state index contributed by atoms with van der Waals surface area (Å²) in [7, 11) is 3.33. The zero-order valence-corrected chi connectivity index (χ0v) is 17.0. The van der Waals surface area contributed by atoms with Crippen molar-refractivity contribution < 1.29 is 13.9 Å². The number of methoxy groups -OCH3 is 1. The number of pyridine rings is 1. The summed E-state index contributed by atoms with van der Waals surface area (Å²) in [5, 5.41) is 13.2. The first kappa shape index (κ1) is 19.5. The predicted octanol–water partition coefficient (Wildman–Crippen LogP) is 1.48. The van der Waals surface area contributed by atoms with E-state index in [1.165, 1.54) is 15.3 Å². The molecule has 3 heterocycles. The summed E-state index contributed by atoms with van der Waals surface area (Å²) in [4.78, 5) is 30.0. The number of anilines is 3. The zero-order chi connectivity index (χ0) is 21.7. The van der Waals surface area contributed by atoms with Gasteiger partial charge >= 0.3 is 0 Å². The number of nitrogens with zero attached hydrogens (tertiary/aromatic N) is 4. The highest BCUT2D eigenvalue weighted by molar-refractivity contribution is 6.00. The fourth-order valence-electron chi connectivity index (χ4n) is 3.64. The van der Waals surface area contributed by atoms with Crippen LogP contribution in [0.4, 0.5) is 21.7 Å². The Morgan fingerprint density at radius 3 is 2.84 bits per heavy atom. The van der Waals surface area contributed by atoms with Crippen molar-refractivity contribution in [3.8, 4) is 0 Å². The topological polar surface area (TPSA) is 115 Å². The Morgan fingerprint density at radius 1 is 1.35 bits per heavy atom. The molecule has 3 aromatic rings. The van der Waals surface area contributed by atoms with Crippen LogP contribution in [0.3, 0.4) is 0 Å². The molecule has 11 heteroatoms. The molecule has 0 bridgehead atoms. The van der Waals surface area contributed by atoms with Crippen LogP contribution in [0.2, 0.25) is 0 Å². The van der Waals surface area contributed by atoms with Gasteiger partial charge in [-0.1, -0.05) is 0 Å². The maximum Gasteiger partial charge on any atom is 0.274 e. The largest absolute Gasteiger partial charge is 0.379 e. The summed E-state index contributed by atoms with van der Waals surface area (Å²) in [5.74, 6) is 0.640. The number of alkyl halides is 1. The van der Waals surface area contributed by atoms with E-state index >= 15 is 0 Å². The molecular formula is C20H22FN7O3. The Hall–Kier alpha value is -3.47. The molecule has 1 amide bonds. The number of carbonyl (C=O) groups excluding carboxylic acids is 1. The molecule has 4 atom stereocenters. The lowest BCUT2D eigenvalue weighted by molar-refractivity contribution is 0.0936. The van der Waals surface area contributed by atoms with Crippen LogP contribution in [-0.4, -0.2) is 57.5 Å². The predicted molar refractivity (Wildman–Crippen MR) is 112 cm³/mol. The van der Waals surface area contributed by atoms with E-state index in [1.54, 1.807) is 38.6 Å². The molecule has 162 valence electrons. The molecule has 10 nitrogen and oxygen atoms in total. The van der Waals surface area contributed by atoms with Crippen molar-refractivity contribution in [3.05, 3.63) is 46.5 Å². The second kappa shape index (κ2) is 7.34. The van der Waals surface area contributed by atoms with Crippen LogP contribution in [0.25, 0.3) is 5.65 Å². The molecule has 2 saturated carbocycles. The lowest BCUT2D eigenvalue weighted by Gasteiger charge is -2.11.